The third kappa shape index (κ3) is 2.44. The third-order valence-corrected chi connectivity index (χ3v) is 4.88. The highest BCUT2D eigenvalue weighted by Gasteiger charge is 2.29. The molecule has 4 heteroatoms. The first-order valence-electron chi connectivity index (χ1n) is 5.51. The Morgan fingerprint density at radius 1 is 1.31 bits per heavy atom. The predicted octanol–water partition coefficient (Wildman–Crippen LogP) is 1.12. The van der Waals surface area contributed by atoms with Crippen molar-refractivity contribution in [3.63, 3.8) is 0 Å². The topological polar surface area (TPSA) is 54.4 Å². The first-order valence-corrected chi connectivity index (χ1v) is 7.33. The SMILES string of the molecule is O=S1(=O)CCC(c2ccccc2CCO)C1. The minimum absolute atomic E-state index is 0.108. The molecule has 1 aliphatic rings. The second kappa shape index (κ2) is 4.55. The van der Waals surface area contributed by atoms with Crippen LogP contribution in [-0.4, -0.2) is 31.6 Å². The lowest BCUT2D eigenvalue weighted by Crippen LogP contribution is -2.06. The molecule has 1 aromatic rings. The maximum absolute atomic E-state index is 11.4. The summed E-state index contributed by atoms with van der Waals surface area (Å²) in [5, 5.41) is 8.97. The van der Waals surface area contributed by atoms with Gasteiger partial charge in [0.1, 0.15) is 0 Å². The second-order valence-electron chi connectivity index (χ2n) is 4.27. The van der Waals surface area contributed by atoms with E-state index in [1.165, 1.54) is 0 Å². The highest BCUT2D eigenvalue weighted by Crippen LogP contribution is 2.31. The molecule has 0 radical (unpaired) electrons. The lowest BCUT2D eigenvalue weighted by molar-refractivity contribution is 0.299. The van der Waals surface area contributed by atoms with Gasteiger partial charge < -0.3 is 5.11 Å². The van der Waals surface area contributed by atoms with Gasteiger partial charge in [-0.25, -0.2) is 8.42 Å². The van der Waals surface area contributed by atoms with Gasteiger partial charge in [-0.1, -0.05) is 24.3 Å². The molecule has 1 aliphatic heterocycles. The van der Waals surface area contributed by atoms with Crippen molar-refractivity contribution >= 4 is 9.84 Å². The van der Waals surface area contributed by atoms with Crippen LogP contribution in [0.25, 0.3) is 0 Å². The summed E-state index contributed by atoms with van der Waals surface area (Å²) >= 11 is 0. The van der Waals surface area contributed by atoms with Crippen LogP contribution in [0.15, 0.2) is 24.3 Å². The van der Waals surface area contributed by atoms with Crippen molar-refractivity contribution in [1.29, 1.82) is 0 Å². The average Bonchev–Trinajstić information content (AvgIpc) is 2.60. The summed E-state index contributed by atoms with van der Waals surface area (Å²) in [6.07, 6.45) is 1.32. The third-order valence-electron chi connectivity index (χ3n) is 3.11. The number of aliphatic hydroxyl groups is 1. The van der Waals surface area contributed by atoms with E-state index in [-0.39, 0.29) is 18.3 Å². The molecule has 3 nitrogen and oxygen atoms in total. The molecule has 2 rings (SSSR count). The van der Waals surface area contributed by atoms with Gasteiger partial charge in [0.2, 0.25) is 0 Å². The smallest absolute Gasteiger partial charge is 0.150 e. The molecule has 16 heavy (non-hydrogen) atoms. The van der Waals surface area contributed by atoms with Crippen LogP contribution in [0, 0.1) is 0 Å². The van der Waals surface area contributed by atoms with Gasteiger partial charge >= 0.3 is 0 Å². The van der Waals surface area contributed by atoms with E-state index in [4.69, 9.17) is 5.11 Å². The van der Waals surface area contributed by atoms with Crippen LogP contribution in [0.5, 0.6) is 0 Å². The number of hydrogen-bond donors (Lipinski definition) is 1. The van der Waals surface area contributed by atoms with E-state index in [9.17, 15) is 8.42 Å². The predicted molar refractivity (Wildman–Crippen MR) is 63.2 cm³/mol. The van der Waals surface area contributed by atoms with Gasteiger partial charge in [0.15, 0.2) is 9.84 Å². The van der Waals surface area contributed by atoms with Crippen LogP contribution in [0.2, 0.25) is 0 Å². The Bertz CT molecular complexity index is 465. The van der Waals surface area contributed by atoms with E-state index in [1.54, 1.807) is 0 Å². The van der Waals surface area contributed by atoms with E-state index >= 15 is 0 Å². The fraction of sp³-hybridized carbons (Fsp3) is 0.500. The van der Waals surface area contributed by atoms with Gasteiger partial charge in [-0.2, -0.15) is 0 Å². The van der Waals surface area contributed by atoms with E-state index in [0.717, 1.165) is 11.1 Å². The van der Waals surface area contributed by atoms with Crippen LogP contribution >= 0.6 is 0 Å². The van der Waals surface area contributed by atoms with E-state index < -0.39 is 9.84 Å². The molecular formula is C12H16O3S. The summed E-state index contributed by atoms with van der Waals surface area (Å²) in [6, 6.07) is 7.81. The summed E-state index contributed by atoms with van der Waals surface area (Å²) in [7, 11) is -2.84. The molecule has 1 atom stereocenters. The summed E-state index contributed by atoms with van der Waals surface area (Å²) in [5.74, 6) is 0.674. The maximum Gasteiger partial charge on any atom is 0.150 e. The molecule has 1 heterocycles. The molecule has 1 saturated heterocycles. The number of hydrogen-bond acceptors (Lipinski definition) is 3. The minimum atomic E-state index is -2.84. The van der Waals surface area contributed by atoms with Gasteiger partial charge in [0.25, 0.3) is 0 Å². The number of sulfone groups is 1. The van der Waals surface area contributed by atoms with Crippen LogP contribution in [-0.2, 0) is 16.3 Å². The van der Waals surface area contributed by atoms with E-state index in [2.05, 4.69) is 0 Å². The quantitative estimate of drug-likeness (QED) is 0.861. The highest BCUT2D eigenvalue weighted by molar-refractivity contribution is 7.91. The summed E-state index contributed by atoms with van der Waals surface area (Å²) < 4.78 is 22.9. The Kier molecular flexibility index (Phi) is 3.30. The maximum atomic E-state index is 11.4. The van der Waals surface area contributed by atoms with Gasteiger partial charge in [0, 0.05) is 6.61 Å². The van der Waals surface area contributed by atoms with Crippen molar-refractivity contribution in [1.82, 2.24) is 0 Å². The Labute approximate surface area is 96.0 Å². The van der Waals surface area contributed by atoms with Crippen LogP contribution in [0.4, 0.5) is 0 Å². The van der Waals surface area contributed by atoms with Gasteiger partial charge in [-0.05, 0) is 29.9 Å². The second-order valence-corrected chi connectivity index (χ2v) is 6.50. The van der Waals surface area contributed by atoms with Crippen molar-refractivity contribution in [2.75, 3.05) is 18.1 Å². The van der Waals surface area contributed by atoms with Gasteiger partial charge in [-0.15, -0.1) is 0 Å². The zero-order valence-electron chi connectivity index (χ0n) is 9.09. The molecule has 1 unspecified atom stereocenters. The molecule has 88 valence electrons. The number of benzene rings is 1. The summed E-state index contributed by atoms with van der Waals surface area (Å²) in [4.78, 5) is 0. The molecule has 0 saturated carbocycles. The molecule has 0 bridgehead atoms. The Balaban J connectivity index is 2.27. The summed E-state index contributed by atoms with van der Waals surface area (Å²) in [5.41, 5.74) is 2.17. The van der Waals surface area contributed by atoms with Crippen molar-refractivity contribution in [3.8, 4) is 0 Å². The van der Waals surface area contributed by atoms with Gasteiger partial charge in [0.05, 0.1) is 11.5 Å². The van der Waals surface area contributed by atoms with Crippen molar-refractivity contribution in [3.05, 3.63) is 35.4 Å². The molecule has 1 fully saturated rings. The average molecular weight is 240 g/mol. The van der Waals surface area contributed by atoms with Crippen LogP contribution < -0.4 is 0 Å². The summed E-state index contributed by atoms with van der Waals surface area (Å²) in [6.45, 7) is 0.108. The molecular weight excluding hydrogens is 224 g/mol. The lowest BCUT2D eigenvalue weighted by Gasteiger charge is -2.13. The fourth-order valence-electron chi connectivity index (χ4n) is 2.32. The largest absolute Gasteiger partial charge is 0.396 e. The fourth-order valence-corrected chi connectivity index (χ4v) is 4.09. The molecule has 0 spiro atoms. The van der Waals surface area contributed by atoms with Crippen LogP contribution in [0.1, 0.15) is 23.5 Å². The molecule has 0 amide bonds. The monoisotopic (exact) mass is 240 g/mol. The normalized spacial score (nSPS) is 23.4. The van der Waals surface area contributed by atoms with Gasteiger partial charge in [-0.3, -0.25) is 0 Å². The first kappa shape index (κ1) is 11.6. The Morgan fingerprint density at radius 2 is 2.06 bits per heavy atom. The molecule has 1 N–H and O–H groups in total. The standard InChI is InChI=1S/C12H16O3S/c13-7-5-10-3-1-2-4-12(10)11-6-8-16(14,15)9-11/h1-4,11,13H,5-9H2. The van der Waals surface area contributed by atoms with Crippen LogP contribution in [0.3, 0.4) is 0 Å². The Morgan fingerprint density at radius 3 is 2.69 bits per heavy atom. The van der Waals surface area contributed by atoms with E-state index in [1.807, 2.05) is 24.3 Å². The molecule has 0 aliphatic carbocycles. The number of aliphatic hydroxyl groups excluding tert-OH is 1. The molecule has 1 aromatic carbocycles. The zero-order valence-corrected chi connectivity index (χ0v) is 9.91. The van der Waals surface area contributed by atoms with Crippen molar-refractivity contribution < 1.29 is 13.5 Å². The number of rotatable bonds is 3. The van der Waals surface area contributed by atoms with Crippen molar-refractivity contribution in [2.24, 2.45) is 0 Å². The zero-order chi connectivity index (χ0) is 11.6. The Hall–Kier alpha value is -0.870. The molecule has 0 aromatic heterocycles. The first-order chi connectivity index (χ1) is 7.62. The van der Waals surface area contributed by atoms with E-state index in [0.29, 0.717) is 18.6 Å². The van der Waals surface area contributed by atoms with Crippen molar-refractivity contribution in [2.45, 2.75) is 18.8 Å². The minimum Gasteiger partial charge on any atom is -0.396 e. The highest BCUT2D eigenvalue weighted by atomic mass is 32.2. The lowest BCUT2D eigenvalue weighted by atomic mass is 9.92.